The molecular weight excluding hydrogens is 121 g/mol. The van der Waals surface area contributed by atoms with E-state index in [0.29, 0.717) is 0 Å². The zero-order valence-corrected chi connectivity index (χ0v) is 6.97. The molecule has 0 amide bonds. The minimum Gasteiger partial charge on any atom is -0.310 e. The first-order chi connectivity index (χ1) is 3.31. The van der Waals surface area contributed by atoms with Gasteiger partial charge >= 0.3 is 5.97 Å². The first kappa shape index (κ1) is 11.2. The van der Waals surface area contributed by atoms with Crippen LogP contribution in [0.25, 0.3) is 0 Å². The Hall–Kier alpha value is 0.390. The third-order valence-electron chi connectivity index (χ3n) is 0.423. The zero-order chi connectivity index (χ0) is 5.70. The van der Waals surface area contributed by atoms with Crippen LogP contribution in [0.15, 0.2) is 0 Å². The summed E-state index contributed by atoms with van der Waals surface area (Å²) in [4.78, 5) is 13.2. The normalized spacial score (nSPS) is 7.25. The molecule has 0 unspecified atom stereocenters. The van der Waals surface area contributed by atoms with Gasteiger partial charge in [0.15, 0.2) is 0 Å². The molecule has 0 saturated heterocycles. The van der Waals surface area contributed by atoms with Crippen molar-refractivity contribution in [2.75, 3.05) is 13.6 Å². The van der Waals surface area contributed by atoms with Crippen molar-refractivity contribution in [3.05, 3.63) is 0 Å². The van der Waals surface area contributed by atoms with Gasteiger partial charge in [-0.15, -0.1) is 0 Å². The van der Waals surface area contributed by atoms with Gasteiger partial charge in [-0.25, -0.2) is 4.79 Å². The summed E-state index contributed by atoms with van der Waals surface area (Å²) in [5.41, 5.74) is 0. The summed E-state index contributed by atoms with van der Waals surface area (Å²) in [7, 11) is 1.58. The first-order valence-corrected chi connectivity index (χ1v) is 1.80. The number of carbonyl (C=O) groups excluding carboxylic acids is 1. The Morgan fingerprint density at radius 3 is 2.50 bits per heavy atom. The SMILES string of the molecule is CNCC(=O)OO.[Na]. The maximum atomic E-state index is 9.88. The van der Waals surface area contributed by atoms with E-state index in [1.807, 2.05) is 0 Å². The van der Waals surface area contributed by atoms with Gasteiger partial charge in [-0.1, -0.05) is 0 Å². The predicted octanol–water partition coefficient (Wildman–Crippen LogP) is -1.16. The van der Waals surface area contributed by atoms with Crippen LogP contribution in [-0.4, -0.2) is 54.4 Å². The second-order valence-electron chi connectivity index (χ2n) is 0.994. The summed E-state index contributed by atoms with van der Waals surface area (Å²) < 4.78 is 0. The number of hydrogen-bond donors (Lipinski definition) is 2. The van der Waals surface area contributed by atoms with Crippen molar-refractivity contribution in [1.82, 2.24) is 5.32 Å². The Balaban J connectivity index is 0. The average Bonchev–Trinajstić information content (AvgIpc) is 1.68. The number of rotatable bonds is 2. The van der Waals surface area contributed by atoms with Gasteiger partial charge in [0.1, 0.15) is 0 Å². The van der Waals surface area contributed by atoms with Crippen LogP contribution in [0.1, 0.15) is 0 Å². The molecule has 0 heterocycles. The van der Waals surface area contributed by atoms with Gasteiger partial charge in [-0.05, 0) is 7.05 Å². The van der Waals surface area contributed by atoms with Crippen molar-refractivity contribution in [1.29, 1.82) is 0 Å². The number of hydrogen-bond acceptors (Lipinski definition) is 4. The molecule has 0 aromatic heterocycles. The molecule has 43 valence electrons. The maximum Gasteiger partial charge on any atom is 0.355 e. The van der Waals surface area contributed by atoms with Gasteiger partial charge < -0.3 is 5.32 Å². The Kier molecular flexibility index (Phi) is 10.4. The van der Waals surface area contributed by atoms with Crippen molar-refractivity contribution in [3.8, 4) is 0 Å². The second-order valence-corrected chi connectivity index (χ2v) is 0.994. The number of nitrogens with one attached hydrogen (secondary N) is 1. The topological polar surface area (TPSA) is 58.6 Å². The van der Waals surface area contributed by atoms with E-state index in [9.17, 15) is 4.79 Å². The van der Waals surface area contributed by atoms with Crippen molar-refractivity contribution in [3.63, 3.8) is 0 Å². The van der Waals surface area contributed by atoms with E-state index in [-0.39, 0.29) is 36.1 Å². The second kappa shape index (κ2) is 7.39. The zero-order valence-electron chi connectivity index (χ0n) is 4.97. The molecular formula is C3H7NNaO3. The van der Waals surface area contributed by atoms with Gasteiger partial charge in [0.25, 0.3) is 0 Å². The largest absolute Gasteiger partial charge is 0.355 e. The van der Waals surface area contributed by atoms with Crippen LogP contribution in [0.5, 0.6) is 0 Å². The van der Waals surface area contributed by atoms with Gasteiger partial charge in [0, 0.05) is 29.6 Å². The molecule has 8 heavy (non-hydrogen) atoms. The van der Waals surface area contributed by atoms with Crippen LogP contribution in [-0.2, 0) is 9.68 Å². The molecule has 2 N–H and O–H groups in total. The summed E-state index contributed by atoms with van der Waals surface area (Å²) in [6.45, 7) is 0.0382. The molecule has 0 rings (SSSR count). The van der Waals surface area contributed by atoms with Crippen molar-refractivity contribution in [2.45, 2.75) is 0 Å². The monoisotopic (exact) mass is 128 g/mol. The summed E-state index contributed by atoms with van der Waals surface area (Å²) in [6.07, 6.45) is 0. The summed E-state index contributed by atoms with van der Waals surface area (Å²) in [5, 5.41) is 10.1. The van der Waals surface area contributed by atoms with Crippen LogP contribution in [0.3, 0.4) is 0 Å². The van der Waals surface area contributed by atoms with Crippen LogP contribution in [0.4, 0.5) is 0 Å². The molecule has 0 bridgehead atoms. The van der Waals surface area contributed by atoms with Crippen LogP contribution in [0.2, 0.25) is 0 Å². The average molecular weight is 128 g/mol. The van der Waals surface area contributed by atoms with Crippen molar-refractivity contribution < 1.29 is 14.9 Å². The van der Waals surface area contributed by atoms with Crippen LogP contribution >= 0.6 is 0 Å². The maximum absolute atomic E-state index is 9.88. The fourth-order valence-electron chi connectivity index (χ4n) is 0.177. The molecule has 0 saturated carbocycles. The van der Waals surface area contributed by atoms with E-state index in [1.165, 1.54) is 0 Å². The third kappa shape index (κ3) is 6.39. The number of likely N-dealkylation sites (N-methyl/N-ethyl adjacent to an activating group) is 1. The summed E-state index contributed by atoms with van der Waals surface area (Å²) >= 11 is 0. The third-order valence-corrected chi connectivity index (χ3v) is 0.423. The Morgan fingerprint density at radius 1 is 1.88 bits per heavy atom. The number of carbonyl (C=O) groups is 1. The smallest absolute Gasteiger partial charge is 0.310 e. The summed E-state index contributed by atoms with van der Waals surface area (Å²) in [6, 6.07) is 0. The molecule has 0 aromatic carbocycles. The molecule has 0 aliphatic heterocycles. The molecule has 0 aliphatic carbocycles. The predicted molar refractivity (Wildman–Crippen MR) is 28.4 cm³/mol. The fourth-order valence-corrected chi connectivity index (χ4v) is 0.177. The van der Waals surface area contributed by atoms with Crippen LogP contribution in [0, 0.1) is 0 Å². The molecule has 0 fully saturated rings. The Morgan fingerprint density at radius 2 is 2.38 bits per heavy atom. The van der Waals surface area contributed by atoms with Crippen molar-refractivity contribution >= 4 is 35.5 Å². The molecule has 0 spiro atoms. The quantitative estimate of drug-likeness (QED) is 0.280. The summed E-state index contributed by atoms with van der Waals surface area (Å²) in [5.74, 6) is -0.678. The Bertz CT molecular complexity index is 67.5. The van der Waals surface area contributed by atoms with E-state index in [2.05, 4.69) is 10.2 Å². The van der Waals surface area contributed by atoms with Gasteiger partial charge in [0.05, 0.1) is 6.54 Å². The van der Waals surface area contributed by atoms with Crippen molar-refractivity contribution in [2.24, 2.45) is 0 Å². The molecule has 0 atom stereocenters. The van der Waals surface area contributed by atoms with E-state index >= 15 is 0 Å². The minimum atomic E-state index is -0.678. The molecule has 0 aliphatic rings. The molecule has 0 aromatic rings. The van der Waals surface area contributed by atoms with E-state index < -0.39 is 5.97 Å². The van der Waals surface area contributed by atoms with E-state index in [0.717, 1.165) is 0 Å². The molecule has 4 nitrogen and oxygen atoms in total. The van der Waals surface area contributed by atoms with Gasteiger partial charge in [-0.2, -0.15) is 5.26 Å². The molecule has 1 radical (unpaired) electrons. The Labute approximate surface area is 69.4 Å². The van der Waals surface area contributed by atoms with Gasteiger partial charge in [0.2, 0.25) is 0 Å². The molecule has 5 heteroatoms. The van der Waals surface area contributed by atoms with Gasteiger partial charge in [-0.3, -0.25) is 4.89 Å². The van der Waals surface area contributed by atoms with Crippen LogP contribution < -0.4 is 5.32 Å². The first-order valence-electron chi connectivity index (χ1n) is 1.80. The minimum absolute atomic E-state index is 0. The standard InChI is InChI=1S/C3H7NO3.Na/c1-4-2-3(5)7-6;/h4,6H,2H2,1H3;. The van der Waals surface area contributed by atoms with E-state index in [4.69, 9.17) is 5.26 Å². The fraction of sp³-hybridized carbons (Fsp3) is 0.667. The van der Waals surface area contributed by atoms with E-state index in [1.54, 1.807) is 7.05 Å².